The van der Waals surface area contributed by atoms with Gasteiger partial charge < -0.3 is 10.1 Å². The zero-order valence-electron chi connectivity index (χ0n) is 13.1. The number of aromatic nitrogens is 1. The first-order valence-corrected chi connectivity index (χ1v) is 7.36. The van der Waals surface area contributed by atoms with Gasteiger partial charge in [0, 0.05) is 24.5 Å². The molecule has 7 heteroatoms. The standard InChI is InChI=1S/C17H17N3O4/c1-2-19-17(23)20-15(21)14(12-7-4-3-5-8-12)24-16(22)13-9-6-10-18-11-13/h3-11,14H,2H2,1H3,(H2,19,20,21,23)/t14-/m0/s1. The van der Waals surface area contributed by atoms with Gasteiger partial charge in [0.1, 0.15) is 0 Å². The Labute approximate surface area is 139 Å². The number of ether oxygens (including phenoxy) is 1. The molecule has 0 fully saturated rings. The second-order valence-corrected chi connectivity index (χ2v) is 4.79. The average molecular weight is 327 g/mol. The largest absolute Gasteiger partial charge is 0.444 e. The van der Waals surface area contributed by atoms with Gasteiger partial charge in [-0.1, -0.05) is 30.3 Å². The molecule has 2 N–H and O–H groups in total. The highest BCUT2D eigenvalue weighted by Gasteiger charge is 2.27. The third-order valence-electron chi connectivity index (χ3n) is 3.04. The molecule has 2 aromatic rings. The Morgan fingerprint density at radius 2 is 1.88 bits per heavy atom. The van der Waals surface area contributed by atoms with E-state index in [-0.39, 0.29) is 5.56 Å². The van der Waals surface area contributed by atoms with Crippen molar-refractivity contribution in [3.8, 4) is 0 Å². The van der Waals surface area contributed by atoms with Crippen molar-refractivity contribution in [3.63, 3.8) is 0 Å². The third-order valence-corrected chi connectivity index (χ3v) is 3.04. The molecule has 0 bridgehead atoms. The summed E-state index contributed by atoms with van der Waals surface area (Å²) in [5, 5.41) is 4.60. The minimum atomic E-state index is -1.25. The first-order valence-electron chi connectivity index (χ1n) is 7.36. The molecule has 3 amide bonds. The lowest BCUT2D eigenvalue weighted by Gasteiger charge is -2.17. The van der Waals surface area contributed by atoms with E-state index in [1.165, 1.54) is 18.5 Å². The van der Waals surface area contributed by atoms with Crippen molar-refractivity contribution in [1.29, 1.82) is 0 Å². The monoisotopic (exact) mass is 327 g/mol. The number of amides is 3. The molecular formula is C17H17N3O4. The number of carbonyl (C=O) groups excluding carboxylic acids is 3. The van der Waals surface area contributed by atoms with Gasteiger partial charge in [-0.05, 0) is 19.1 Å². The smallest absolute Gasteiger partial charge is 0.340 e. The highest BCUT2D eigenvalue weighted by Crippen LogP contribution is 2.19. The Bertz CT molecular complexity index is 704. The van der Waals surface area contributed by atoms with Crippen molar-refractivity contribution in [1.82, 2.24) is 15.6 Å². The molecule has 0 radical (unpaired) electrons. The van der Waals surface area contributed by atoms with Gasteiger partial charge in [-0.3, -0.25) is 15.1 Å². The molecule has 1 aromatic carbocycles. The van der Waals surface area contributed by atoms with Crippen molar-refractivity contribution in [3.05, 3.63) is 66.0 Å². The summed E-state index contributed by atoms with van der Waals surface area (Å²) in [6.45, 7) is 2.09. The van der Waals surface area contributed by atoms with E-state index in [1.807, 2.05) is 0 Å². The predicted molar refractivity (Wildman–Crippen MR) is 86.1 cm³/mol. The molecule has 1 aromatic heterocycles. The number of pyridine rings is 1. The molecule has 1 heterocycles. The van der Waals surface area contributed by atoms with Gasteiger partial charge in [-0.15, -0.1) is 0 Å². The van der Waals surface area contributed by atoms with Crippen molar-refractivity contribution >= 4 is 17.9 Å². The fraction of sp³-hybridized carbons (Fsp3) is 0.176. The molecule has 0 aliphatic carbocycles. The summed E-state index contributed by atoms with van der Waals surface area (Å²) < 4.78 is 5.29. The van der Waals surface area contributed by atoms with Crippen LogP contribution in [0.4, 0.5) is 4.79 Å². The number of benzene rings is 1. The van der Waals surface area contributed by atoms with Crippen LogP contribution in [0.1, 0.15) is 28.9 Å². The maximum absolute atomic E-state index is 12.3. The molecule has 2 rings (SSSR count). The van der Waals surface area contributed by atoms with Crippen LogP contribution in [0.2, 0.25) is 0 Å². The Hall–Kier alpha value is -3.22. The summed E-state index contributed by atoms with van der Waals surface area (Å²) in [4.78, 5) is 39.9. The van der Waals surface area contributed by atoms with Gasteiger partial charge in [-0.2, -0.15) is 0 Å². The molecule has 0 spiro atoms. The zero-order chi connectivity index (χ0) is 17.4. The number of hydrogen-bond donors (Lipinski definition) is 2. The Morgan fingerprint density at radius 1 is 1.12 bits per heavy atom. The molecule has 0 aliphatic rings. The van der Waals surface area contributed by atoms with Crippen molar-refractivity contribution < 1.29 is 19.1 Å². The van der Waals surface area contributed by atoms with E-state index in [2.05, 4.69) is 15.6 Å². The van der Waals surface area contributed by atoms with Crippen molar-refractivity contribution in [2.24, 2.45) is 0 Å². The second-order valence-electron chi connectivity index (χ2n) is 4.79. The number of rotatable bonds is 5. The van der Waals surface area contributed by atoms with E-state index in [9.17, 15) is 14.4 Å². The van der Waals surface area contributed by atoms with Crippen LogP contribution in [-0.4, -0.2) is 29.4 Å². The number of imide groups is 1. The molecule has 0 aliphatic heterocycles. The molecule has 1 atom stereocenters. The van der Waals surface area contributed by atoms with Crippen LogP contribution >= 0.6 is 0 Å². The molecule has 24 heavy (non-hydrogen) atoms. The summed E-state index contributed by atoms with van der Waals surface area (Å²) in [5.41, 5.74) is 0.667. The van der Waals surface area contributed by atoms with Gasteiger partial charge in [0.15, 0.2) is 0 Å². The van der Waals surface area contributed by atoms with E-state index < -0.39 is 24.0 Å². The van der Waals surface area contributed by atoms with Crippen molar-refractivity contribution in [2.45, 2.75) is 13.0 Å². The summed E-state index contributed by atoms with van der Waals surface area (Å²) in [5.74, 6) is -1.44. The summed E-state index contributed by atoms with van der Waals surface area (Å²) >= 11 is 0. The van der Waals surface area contributed by atoms with E-state index in [0.29, 0.717) is 12.1 Å². The van der Waals surface area contributed by atoms with E-state index in [4.69, 9.17) is 4.74 Å². The van der Waals surface area contributed by atoms with E-state index in [0.717, 1.165) is 0 Å². The second kappa shape index (κ2) is 8.42. The molecule has 0 saturated carbocycles. The molecule has 0 saturated heterocycles. The van der Waals surface area contributed by atoms with Gasteiger partial charge in [0.25, 0.3) is 5.91 Å². The van der Waals surface area contributed by atoms with Crippen LogP contribution in [0.15, 0.2) is 54.9 Å². The lowest BCUT2D eigenvalue weighted by molar-refractivity contribution is -0.129. The average Bonchev–Trinajstić information content (AvgIpc) is 2.61. The first kappa shape index (κ1) is 17.1. The highest BCUT2D eigenvalue weighted by molar-refractivity contribution is 5.99. The van der Waals surface area contributed by atoms with Crippen LogP contribution in [0.25, 0.3) is 0 Å². The number of urea groups is 1. The third kappa shape index (κ3) is 4.64. The number of nitrogens with one attached hydrogen (secondary N) is 2. The van der Waals surface area contributed by atoms with Crippen LogP contribution in [0.3, 0.4) is 0 Å². The fourth-order valence-corrected chi connectivity index (χ4v) is 1.94. The normalized spacial score (nSPS) is 11.2. The number of hydrogen-bond acceptors (Lipinski definition) is 5. The Morgan fingerprint density at radius 3 is 2.50 bits per heavy atom. The predicted octanol–water partition coefficient (Wildman–Crippen LogP) is 1.83. The van der Waals surface area contributed by atoms with Gasteiger partial charge in [0.05, 0.1) is 5.56 Å². The van der Waals surface area contributed by atoms with Gasteiger partial charge >= 0.3 is 12.0 Å². The van der Waals surface area contributed by atoms with Crippen molar-refractivity contribution in [2.75, 3.05) is 6.54 Å². The Balaban J connectivity index is 2.19. The minimum Gasteiger partial charge on any atom is -0.444 e. The summed E-state index contributed by atoms with van der Waals surface area (Å²) in [6, 6.07) is 10.9. The SMILES string of the molecule is CCNC(=O)NC(=O)[C@@H](OC(=O)c1cccnc1)c1ccccc1. The zero-order valence-corrected chi connectivity index (χ0v) is 13.1. The first-order chi connectivity index (χ1) is 11.6. The summed E-state index contributed by atoms with van der Waals surface area (Å²) in [6.07, 6.45) is 1.61. The molecule has 0 unspecified atom stereocenters. The van der Waals surface area contributed by atoms with Crippen LogP contribution < -0.4 is 10.6 Å². The van der Waals surface area contributed by atoms with Crippen LogP contribution in [-0.2, 0) is 9.53 Å². The number of esters is 1. The maximum Gasteiger partial charge on any atom is 0.340 e. The van der Waals surface area contributed by atoms with Crippen LogP contribution in [0.5, 0.6) is 0 Å². The molecule has 124 valence electrons. The summed E-state index contributed by atoms with van der Waals surface area (Å²) in [7, 11) is 0. The topological polar surface area (TPSA) is 97.4 Å². The minimum absolute atomic E-state index is 0.212. The molecular weight excluding hydrogens is 310 g/mol. The fourth-order valence-electron chi connectivity index (χ4n) is 1.94. The van der Waals surface area contributed by atoms with E-state index in [1.54, 1.807) is 43.3 Å². The van der Waals surface area contributed by atoms with Crippen LogP contribution in [0, 0.1) is 0 Å². The lowest BCUT2D eigenvalue weighted by atomic mass is 10.1. The van der Waals surface area contributed by atoms with E-state index >= 15 is 0 Å². The highest BCUT2D eigenvalue weighted by atomic mass is 16.5. The van der Waals surface area contributed by atoms with Gasteiger partial charge in [-0.25, -0.2) is 9.59 Å². The molecule has 7 nitrogen and oxygen atoms in total. The lowest BCUT2D eigenvalue weighted by Crippen LogP contribution is -2.42. The Kier molecular flexibility index (Phi) is 6.01. The number of nitrogens with zero attached hydrogens (tertiary/aromatic N) is 1. The maximum atomic E-state index is 12.3. The number of carbonyl (C=O) groups is 3. The van der Waals surface area contributed by atoms with Gasteiger partial charge in [0.2, 0.25) is 6.10 Å². The quantitative estimate of drug-likeness (QED) is 0.817.